The number of hydrogen-bond acceptors (Lipinski definition) is 3. The van der Waals surface area contributed by atoms with Crippen LogP contribution < -0.4 is 5.73 Å². The van der Waals surface area contributed by atoms with E-state index in [1.807, 2.05) is 13.8 Å². The van der Waals surface area contributed by atoms with Crippen LogP contribution in [0, 0.1) is 5.92 Å². The molecule has 0 heterocycles. The van der Waals surface area contributed by atoms with E-state index in [2.05, 4.69) is 0 Å². The van der Waals surface area contributed by atoms with E-state index in [0.717, 1.165) is 12.8 Å². The summed E-state index contributed by atoms with van der Waals surface area (Å²) in [5.41, 5.74) is 5.72. The van der Waals surface area contributed by atoms with E-state index in [4.69, 9.17) is 10.8 Å². The van der Waals surface area contributed by atoms with Crippen LogP contribution in [0.4, 0.5) is 0 Å². The predicted molar refractivity (Wildman–Crippen MR) is 55.2 cm³/mol. The average molecular weight is 214 g/mol. The number of nitrogens with zero attached hydrogens (tertiary/aromatic N) is 1. The van der Waals surface area contributed by atoms with E-state index in [-0.39, 0.29) is 24.4 Å². The summed E-state index contributed by atoms with van der Waals surface area (Å²) in [5, 5.41) is 8.70. The predicted octanol–water partition coefficient (Wildman–Crippen LogP) is 0.0453. The zero-order valence-electron chi connectivity index (χ0n) is 9.14. The molecule has 5 nitrogen and oxygen atoms in total. The van der Waals surface area contributed by atoms with Gasteiger partial charge in [-0.25, -0.2) is 0 Å². The first-order valence-electron chi connectivity index (χ1n) is 5.21. The summed E-state index contributed by atoms with van der Waals surface area (Å²) in [7, 11) is 0. The Labute approximate surface area is 89.2 Å². The molecule has 1 rings (SSSR count). The lowest BCUT2D eigenvalue weighted by atomic mass is 10.0. The van der Waals surface area contributed by atoms with Gasteiger partial charge in [0.25, 0.3) is 0 Å². The van der Waals surface area contributed by atoms with Crippen molar-refractivity contribution in [2.45, 2.75) is 38.8 Å². The van der Waals surface area contributed by atoms with Crippen molar-refractivity contribution >= 4 is 11.9 Å². The van der Waals surface area contributed by atoms with Crippen molar-refractivity contribution in [2.75, 3.05) is 6.54 Å². The molecule has 0 aliphatic heterocycles. The Morgan fingerprint density at radius 2 is 2.00 bits per heavy atom. The zero-order valence-corrected chi connectivity index (χ0v) is 9.14. The molecule has 5 heteroatoms. The highest BCUT2D eigenvalue weighted by molar-refractivity contribution is 5.86. The zero-order chi connectivity index (χ0) is 11.6. The van der Waals surface area contributed by atoms with Gasteiger partial charge in [-0.2, -0.15) is 0 Å². The lowest BCUT2D eigenvalue weighted by Gasteiger charge is -2.25. The molecular formula is C10H18N2O3. The molecule has 1 aliphatic rings. The molecule has 86 valence electrons. The Kier molecular flexibility index (Phi) is 3.68. The van der Waals surface area contributed by atoms with Crippen molar-refractivity contribution in [2.24, 2.45) is 11.7 Å². The maximum absolute atomic E-state index is 11.8. The van der Waals surface area contributed by atoms with Gasteiger partial charge in [-0.3, -0.25) is 9.59 Å². The third-order valence-electron chi connectivity index (χ3n) is 2.58. The molecule has 15 heavy (non-hydrogen) atoms. The molecule has 0 aromatic heterocycles. The Balaban J connectivity index is 2.62. The third kappa shape index (κ3) is 3.20. The normalized spacial score (nSPS) is 17.6. The van der Waals surface area contributed by atoms with Crippen molar-refractivity contribution in [3.8, 4) is 0 Å². The molecule has 1 aliphatic carbocycles. The monoisotopic (exact) mass is 214 g/mol. The first kappa shape index (κ1) is 12.0. The number of rotatable bonds is 5. The Bertz CT molecular complexity index is 261. The molecule has 0 saturated heterocycles. The summed E-state index contributed by atoms with van der Waals surface area (Å²) in [4.78, 5) is 23.8. The summed E-state index contributed by atoms with van der Waals surface area (Å²) in [6.07, 6.45) is 1.79. The molecule has 0 radical (unpaired) electrons. The number of amides is 1. The lowest BCUT2D eigenvalue weighted by Crippen LogP contribution is -2.49. The minimum Gasteiger partial charge on any atom is -0.480 e. The van der Waals surface area contributed by atoms with Crippen LogP contribution in [-0.4, -0.2) is 40.5 Å². The van der Waals surface area contributed by atoms with E-state index in [0.29, 0.717) is 0 Å². The highest BCUT2D eigenvalue weighted by atomic mass is 16.4. The summed E-state index contributed by atoms with van der Waals surface area (Å²) in [5.74, 6) is -1.19. The third-order valence-corrected chi connectivity index (χ3v) is 2.58. The number of aliphatic carboxylic acids is 1. The summed E-state index contributed by atoms with van der Waals surface area (Å²) in [6, 6.07) is -0.497. The minimum atomic E-state index is -0.980. The molecular weight excluding hydrogens is 196 g/mol. The molecule has 0 unspecified atom stereocenters. The molecule has 3 N–H and O–H groups in total. The van der Waals surface area contributed by atoms with Gasteiger partial charge in [0.15, 0.2) is 0 Å². The topological polar surface area (TPSA) is 83.6 Å². The highest BCUT2D eigenvalue weighted by Crippen LogP contribution is 2.27. The van der Waals surface area contributed by atoms with Crippen LogP contribution in [-0.2, 0) is 9.59 Å². The summed E-state index contributed by atoms with van der Waals surface area (Å²) in [6.45, 7) is 3.48. The van der Waals surface area contributed by atoms with Gasteiger partial charge in [0.2, 0.25) is 5.91 Å². The standard InChI is InChI=1S/C10H18N2O3/c1-6(2)9(11)10(15)12(5-8(13)14)7-3-4-7/h6-7,9H,3-5,11H2,1-2H3,(H,13,14)/t9-/m0/s1. The van der Waals surface area contributed by atoms with Gasteiger partial charge in [-0.1, -0.05) is 13.8 Å². The van der Waals surface area contributed by atoms with Gasteiger partial charge >= 0.3 is 5.97 Å². The van der Waals surface area contributed by atoms with E-state index in [9.17, 15) is 9.59 Å². The van der Waals surface area contributed by atoms with Crippen LogP contribution in [0.2, 0.25) is 0 Å². The van der Waals surface area contributed by atoms with Crippen LogP contribution >= 0.6 is 0 Å². The van der Waals surface area contributed by atoms with Gasteiger partial charge in [0.1, 0.15) is 6.54 Å². The fourth-order valence-electron chi connectivity index (χ4n) is 1.40. The first-order chi connectivity index (χ1) is 6.93. The molecule has 1 amide bonds. The lowest BCUT2D eigenvalue weighted by molar-refractivity contribution is -0.145. The van der Waals surface area contributed by atoms with E-state index < -0.39 is 12.0 Å². The van der Waals surface area contributed by atoms with Crippen molar-refractivity contribution < 1.29 is 14.7 Å². The quantitative estimate of drug-likeness (QED) is 0.677. The van der Waals surface area contributed by atoms with E-state index in [1.165, 1.54) is 4.90 Å². The first-order valence-corrected chi connectivity index (χ1v) is 5.21. The van der Waals surface area contributed by atoms with Crippen molar-refractivity contribution in [1.82, 2.24) is 4.90 Å². The number of carboxylic acid groups (broad SMARTS) is 1. The Hall–Kier alpha value is -1.10. The van der Waals surface area contributed by atoms with E-state index >= 15 is 0 Å². The molecule has 0 spiro atoms. The molecule has 0 bridgehead atoms. The van der Waals surface area contributed by atoms with Crippen LogP contribution in [0.5, 0.6) is 0 Å². The van der Waals surface area contributed by atoms with Gasteiger partial charge in [0, 0.05) is 6.04 Å². The number of carboxylic acids is 1. The fourth-order valence-corrected chi connectivity index (χ4v) is 1.40. The largest absolute Gasteiger partial charge is 0.480 e. The van der Waals surface area contributed by atoms with Crippen LogP contribution in [0.1, 0.15) is 26.7 Å². The number of carbonyl (C=O) groups is 2. The summed E-state index contributed by atoms with van der Waals surface area (Å²) >= 11 is 0. The fraction of sp³-hybridized carbons (Fsp3) is 0.800. The second kappa shape index (κ2) is 4.61. The Morgan fingerprint density at radius 1 is 1.47 bits per heavy atom. The minimum absolute atomic E-state index is 0.0348. The van der Waals surface area contributed by atoms with Crippen molar-refractivity contribution in [3.05, 3.63) is 0 Å². The van der Waals surface area contributed by atoms with Gasteiger partial charge < -0.3 is 15.7 Å². The van der Waals surface area contributed by atoms with Crippen molar-refractivity contribution in [3.63, 3.8) is 0 Å². The maximum Gasteiger partial charge on any atom is 0.323 e. The maximum atomic E-state index is 11.8. The SMILES string of the molecule is CC(C)[C@H](N)C(=O)N(CC(=O)O)C1CC1. The van der Waals surface area contributed by atoms with E-state index in [1.54, 1.807) is 0 Å². The highest BCUT2D eigenvalue weighted by Gasteiger charge is 2.36. The van der Waals surface area contributed by atoms with Crippen LogP contribution in [0.15, 0.2) is 0 Å². The average Bonchev–Trinajstić information content (AvgIpc) is 2.94. The van der Waals surface area contributed by atoms with Crippen molar-refractivity contribution in [1.29, 1.82) is 0 Å². The van der Waals surface area contributed by atoms with Gasteiger partial charge in [-0.15, -0.1) is 0 Å². The smallest absolute Gasteiger partial charge is 0.323 e. The van der Waals surface area contributed by atoms with Gasteiger partial charge in [-0.05, 0) is 18.8 Å². The second-order valence-electron chi connectivity index (χ2n) is 4.36. The van der Waals surface area contributed by atoms with Crippen LogP contribution in [0.3, 0.4) is 0 Å². The Morgan fingerprint density at radius 3 is 2.33 bits per heavy atom. The molecule has 1 saturated carbocycles. The summed E-state index contributed by atoms with van der Waals surface area (Å²) < 4.78 is 0. The number of carbonyl (C=O) groups excluding carboxylic acids is 1. The second-order valence-corrected chi connectivity index (χ2v) is 4.36. The molecule has 1 atom stereocenters. The molecule has 0 aromatic rings. The van der Waals surface area contributed by atoms with Gasteiger partial charge in [0.05, 0.1) is 6.04 Å². The molecule has 0 aromatic carbocycles. The van der Waals surface area contributed by atoms with Crippen LogP contribution in [0.25, 0.3) is 0 Å². The number of hydrogen-bond donors (Lipinski definition) is 2. The molecule has 1 fully saturated rings. The number of nitrogens with two attached hydrogens (primary N) is 1.